The number of halogens is 2. The van der Waals surface area contributed by atoms with Crippen molar-refractivity contribution in [2.75, 3.05) is 27.7 Å². The summed E-state index contributed by atoms with van der Waals surface area (Å²) < 4.78 is 66.8. The molecule has 0 atom stereocenters. The van der Waals surface area contributed by atoms with Crippen molar-refractivity contribution in [2.24, 2.45) is 5.16 Å². The Hall–Kier alpha value is -2.13. The second kappa shape index (κ2) is 8.78. The van der Waals surface area contributed by atoms with Crippen molar-refractivity contribution in [1.82, 2.24) is 22.8 Å². The monoisotopic (exact) mass is 494 g/mol. The summed E-state index contributed by atoms with van der Waals surface area (Å²) in [5.74, 6) is -0.634. The summed E-state index contributed by atoms with van der Waals surface area (Å²) in [5, 5.41) is 6.71. The molecule has 170 valence electrons. The first-order valence-corrected chi connectivity index (χ1v) is 12.1. The van der Waals surface area contributed by atoms with E-state index in [1.54, 1.807) is 0 Å². The molecule has 1 aromatic heterocycles. The van der Waals surface area contributed by atoms with Crippen LogP contribution in [0, 0.1) is 5.82 Å². The fourth-order valence-corrected chi connectivity index (χ4v) is 5.01. The molecule has 15 heteroatoms. The lowest BCUT2D eigenvalue weighted by Crippen LogP contribution is -2.38. The van der Waals surface area contributed by atoms with Gasteiger partial charge in [0.25, 0.3) is 15.2 Å². The van der Waals surface area contributed by atoms with Crippen LogP contribution in [-0.4, -0.2) is 79.1 Å². The lowest BCUT2D eigenvalue weighted by molar-refractivity contribution is 0.212. The quantitative estimate of drug-likeness (QED) is 0.374. The van der Waals surface area contributed by atoms with Crippen molar-refractivity contribution in [3.63, 3.8) is 0 Å². The van der Waals surface area contributed by atoms with E-state index in [0.717, 1.165) is 21.0 Å². The maximum absolute atomic E-state index is 13.5. The van der Waals surface area contributed by atoms with Crippen LogP contribution in [-0.2, 0) is 25.1 Å². The van der Waals surface area contributed by atoms with E-state index >= 15 is 0 Å². The van der Waals surface area contributed by atoms with Crippen LogP contribution >= 0.6 is 11.6 Å². The molecule has 3 rings (SSSR count). The maximum Gasteiger partial charge on any atom is 0.323 e. The van der Waals surface area contributed by atoms with E-state index in [1.165, 1.54) is 33.3 Å². The Bertz CT molecular complexity index is 1210. The van der Waals surface area contributed by atoms with Crippen molar-refractivity contribution in [3.05, 3.63) is 40.9 Å². The predicted molar refractivity (Wildman–Crippen MR) is 110 cm³/mol. The van der Waals surface area contributed by atoms with Crippen molar-refractivity contribution < 1.29 is 26.1 Å². The minimum absolute atomic E-state index is 0.156. The molecule has 0 radical (unpaired) electrons. The molecule has 1 heterocycles. The number of aromatic nitrogens is 3. The lowest BCUT2D eigenvalue weighted by Gasteiger charge is -2.21. The van der Waals surface area contributed by atoms with Gasteiger partial charge in [-0.2, -0.15) is 17.0 Å². The SMILES string of the molecule is CO/N=C(\CN(C1CC1)S(=O)(=O)c1ncn(S(=O)(=O)N(C)C)n1)c1ccc(F)c(Cl)c1. The zero-order valence-electron chi connectivity index (χ0n) is 16.8. The van der Waals surface area contributed by atoms with Crippen LogP contribution in [0.5, 0.6) is 0 Å². The number of benzene rings is 1. The molecule has 0 unspecified atom stereocenters. The fraction of sp³-hybridized carbons (Fsp3) is 0.438. The highest BCUT2D eigenvalue weighted by molar-refractivity contribution is 7.89. The molecule has 2 aromatic rings. The van der Waals surface area contributed by atoms with Crippen LogP contribution in [0.1, 0.15) is 18.4 Å². The van der Waals surface area contributed by atoms with Crippen molar-refractivity contribution in [2.45, 2.75) is 24.0 Å². The fourth-order valence-electron chi connectivity index (χ4n) is 2.62. The van der Waals surface area contributed by atoms with E-state index in [-0.39, 0.29) is 23.3 Å². The molecule has 1 aromatic carbocycles. The van der Waals surface area contributed by atoms with Gasteiger partial charge in [0.15, 0.2) is 0 Å². The second-order valence-electron chi connectivity index (χ2n) is 6.82. The summed E-state index contributed by atoms with van der Waals surface area (Å²) in [5.41, 5.74) is 0.544. The third kappa shape index (κ3) is 4.87. The van der Waals surface area contributed by atoms with Crippen LogP contribution in [0.2, 0.25) is 5.02 Å². The average Bonchev–Trinajstić information content (AvgIpc) is 3.39. The zero-order valence-corrected chi connectivity index (χ0v) is 19.2. The Morgan fingerprint density at radius 3 is 2.55 bits per heavy atom. The Morgan fingerprint density at radius 1 is 1.32 bits per heavy atom. The third-order valence-corrected chi connectivity index (χ3v) is 7.96. The standard InChI is InChI=1S/C16H20ClFN6O5S2/c1-22(2)31(27,28)24-10-19-16(20-24)30(25,26)23(12-5-6-12)9-15(21-29-3)11-4-7-14(18)13(17)8-11/h4,7-8,10,12H,5-6,9H2,1-3H3/b21-15+. The van der Waals surface area contributed by atoms with E-state index in [4.69, 9.17) is 16.4 Å². The summed E-state index contributed by atoms with van der Waals surface area (Å²) in [4.78, 5) is 8.53. The first-order valence-electron chi connectivity index (χ1n) is 8.90. The molecule has 1 aliphatic rings. The van der Waals surface area contributed by atoms with Crippen LogP contribution in [0.3, 0.4) is 0 Å². The highest BCUT2D eigenvalue weighted by atomic mass is 35.5. The lowest BCUT2D eigenvalue weighted by atomic mass is 10.1. The molecule has 11 nitrogen and oxygen atoms in total. The number of hydrogen-bond acceptors (Lipinski definition) is 8. The predicted octanol–water partition coefficient (Wildman–Crippen LogP) is 0.929. The minimum Gasteiger partial charge on any atom is -0.399 e. The minimum atomic E-state index is -4.28. The Balaban J connectivity index is 1.97. The van der Waals surface area contributed by atoms with Gasteiger partial charge in [0.2, 0.25) is 0 Å². The second-order valence-corrected chi connectivity index (χ2v) is 11.0. The van der Waals surface area contributed by atoms with Gasteiger partial charge in [-0.25, -0.2) is 17.8 Å². The van der Waals surface area contributed by atoms with Crippen LogP contribution in [0.15, 0.2) is 34.8 Å². The van der Waals surface area contributed by atoms with Crippen LogP contribution < -0.4 is 0 Å². The molecule has 1 aliphatic carbocycles. The molecule has 0 saturated heterocycles. The van der Waals surface area contributed by atoms with Gasteiger partial charge in [-0.05, 0) is 31.0 Å². The average molecular weight is 495 g/mol. The highest BCUT2D eigenvalue weighted by Gasteiger charge is 2.41. The first-order chi connectivity index (χ1) is 14.5. The van der Waals surface area contributed by atoms with Crippen LogP contribution in [0.4, 0.5) is 4.39 Å². The molecule has 0 amide bonds. The van der Waals surface area contributed by atoms with Gasteiger partial charge >= 0.3 is 10.2 Å². The molecule has 0 aliphatic heterocycles. The van der Waals surface area contributed by atoms with E-state index in [9.17, 15) is 21.2 Å². The number of hydrogen-bond donors (Lipinski definition) is 0. The molecule has 1 saturated carbocycles. The largest absolute Gasteiger partial charge is 0.399 e. The van der Waals surface area contributed by atoms with Gasteiger partial charge in [0, 0.05) is 25.7 Å². The van der Waals surface area contributed by atoms with Gasteiger partial charge in [-0.1, -0.05) is 16.8 Å². The number of oxime groups is 1. The van der Waals surface area contributed by atoms with Crippen molar-refractivity contribution in [1.29, 1.82) is 0 Å². The molecule has 0 bridgehead atoms. The highest BCUT2D eigenvalue weighted by Crippen LogP contribution is 2.31. The Morgan fingerprint density at radius 2 is 2.00 bits per heavy atom. The summed E-state index contributed by atoms with van der Waals surface area (Å²) >= 11 is 5.84. The molecular weight excluding hydrogens is 475 g/mol. The molecule has 0 spiro atoms. The number of sulfonamides is 1. The maximum atomic E-state index is 13.5. The van der Waals surface area contributed by atoms with E-state index in [2.05, 4.69) is 15.2 Å². The molecule has 0 N–H and O–H groups in total. The van der Waals surface area contributed by atoms with E-state index < -0.39 is 31.2 Å². The van der Waals surface area contributed by atoms with Gasteiger partial charge in [-0.3, -0.25) is 0 Å². The van der Waals surface area contributed by atoms with Crippen molar-refractivity contribution >= 4 is 37.5 Å². The molecule has 31 heavy (non-hydrogen) atoms. The van der Waals surface area contributed by atoms with Gasteiger partial charge < -0.3 is 4.84 Å². The molecule has 1 fully saturated rings. The molecular formula is C16H20ClFN6O5S2. The Labute approximate surface area is 184 Å². The van der Waals surface area contributed by atoms with E-state index in [0.29, 0.717) is 22.5 Å². The van der Waals surface area contributed by atoms with Gasteiger partial charge in [0.05, 0.1) is 11.6 Å². The first kappa shape index (κ1) is 23.5. The normalized spacial score (nSPS) is 15.6. The topological polar surface area (TPSA) is 127 Å². The summed E-state index contributed by atoms with van der Waals surface area (Å²) in [6.45, 7) is -0.238. The van der Waals surface area contributed by atoms with Gasteiger partial charge in [0.1, 0.15) is 25.0 Å². The third-order valence-electron chi connectivity index (χ3n) is 4.40. The number of nitrogens with zero attached hydrogens (tertiary/aromatic N) is 6. The van der Waals surface area contributed by atoms with E-state index in [1.807, 2.05) is 0 Å². The van der Waals surface area contributed by atoms with Crippen LogP contribution in [0.25, 0.3) is 0 Å². The Kier molecular flexibility index (Phi) is 6.67. The smallest absolute Gasteiger partial charge is 0.323 e. The van der Waals surface area contributed by atoms with Crippen molar-refractivity contribution in [3.8, 4) is 0 Å². The van der Waals surface area contributed by atoms with Gasteiger partial charge in [-0.15, -0.1) is 9.19 Å². The summed E-state index contributed by atoms with van der Waals surface area (Å²) in [7, 11) is -4.46. The summed E-state index contributed by atoms with van der Waals surface area (Å²) in [6.07, 6.45) is 2.01. The summed E-state index contributed by atoms with van der Waals surface area (Å²) in [6, 6.07) is 3.49. The number of rotatable bonds is 9. The zero-order chi connectivity index (χ0) is 23.0.